The lowest BCUT2D eigenvalue weighted by molar-refractivity contribution is -0.0569. The van der Waals surface area contributed by atoms with Crippen molar-refractivity contribution in [1.29, 1.82) is 0 Å². The van der Waals surface area contributed by atoms with Crippen molar-refractivity contribution in [1.82, 2.24) is 9.55 Å². The molecule has 3 rings (SSSR count). The van der Waals surface area contributed by atoms with Gasteiger partial charge in [0.05, 0.1) is 25.6 Å². The zero-order valence-corrected chi connectivity index (χ0v) is 17.2. The Morgan fingerprint density at radius 3 is 2.36 bits per heavy atom. The van der Waals surface area contributed by atoms with E-state index < -0.39 is 0 Å². The molecule has 0 aliphatic heterocycles. The average molecular weight is 399 g/mol. The summed E-state index contributed by atoms with van der Waals surface area (Å²) in [6.07, 6.45) is 8.43. The zero-order valence-electron chi connectivity index (χ0n) is 16.5. The first-order valence-electron chi connectivity index (χ1n) is 9.53. The number of nitrogens with zero attached hydrogens (tertiary/aromatic N) is 2. The van der Waals surface area contributed by atoms with Crippen LogP contribution in [-0.4, -0.2) is 22.3 Å². The van der Waals surface area contributed by atoms with Crippen LogP contribution in [0.3, 0.4) is 0 Å². The Hall–Kier alpha value is -2.30. The number of methoxy groups -OCH3 is 1. The summed E-state index contributed by atoms with van der Waals surface area (Å²) in [4.78, 5) is 4.13. The predicted molar refractivity (Wildman–Crippen MR) is 113 cm³/mol. The van der Waals surface area contributed by atoms with Gasteiger partial charge >= 0.3 is 0 Å². The first-order valence-corrected chi connectivity index (χ1v) is 9.91. The molecule has 1 atom stereocenters. The van der Waals surface area contributed by atoms with Crippen molar-refractivity contribution in [2.24, 2.45) is 0 Å². The second kappa shape index (κ2) is 9.76. The van der Waals surface area contributed by atoms with E-state index in [4.69, 9.17) is 21.1 Å². The highest BCUT2D eigenvalue weighted by Crippen LogP contribution is 2.26. The SMILES string of the molecule is COc1ccc(COC(C)(CCc2ccc(Cl)cc2)CCn2ccnc2)cc1. The van der Waals surface area contributed by atoms with Gasteiger partial charge in [-0.2, -0.15) is 0 Å². The summed E-state index contributed by atoms with van der Waals surface area (Å²) in [5, 5.41) is 0.766. The Labute approximate surface area is 172 Å². The fourth-order valence-electron chi connectivity index (χ4n) is 3.09. The van der Waals surface area contributed by atoms with E-state index in [1.807, 2.05) is 55.1 Å². The van der Waals surface area contributed by atoms with Crippen LogP contribution < -0.4 is 4.74 Å². The molecule has 148 valence electrons. The fourth-order valence-corrected chi connectivity index (χ4v) is 3.22. The van der Waals surface area contributed by atoms with Crippen molar-refractivity contribution in [3.05, 3.63) is 83.4 Å². The van der Waals surface area contributed by atoms with Crippen molar-refractivity contribution < 1.29 is 9.47 Å². The van der Waals surface area contributed by atoms with Gasteiger partial charge in [0.25, 0.3) is 0 Å². The van der Waals surface area contributed by atoms with Gasteiger partial charge in [0, 0.05) is 24.0 Å². The number of ether oxygens (including phenoxy) is 2. The van der Waals surface area contributed by atoms with E-state index >= 15 is 0 Å². The van der Waals surface area contributed by atoms with Crippen LogP contribution in [0.15, 0.2) is 67.3 Å². The van der Waals surface area contributed by atoms with Crippen LogP contribution in [0.25, 0.3) is 0 Å². The number of halogens is 1. The summed E-state index contributed by atoms with van der Waals surface area (Å²) in [7, 11) is 1.68. The quantitative estimate of drug-likeness (QED) is 0.449. The van der Waals surface area contributed by atoms with Crippen molar-refractivity contribution in [3.63, 3.8) is 0 Å². The molecular formula is C23H27ClN2O2. The lowest BCUT2D eigenvalue weighted by Crippen LogP contribution is -2.31. The number of rotatable bonds is 10. The number of benzene rings is 2. The van der Waals surface area contributed by atoms with Crippen LogP contribution in [0.2, 0.25) is 5.02 Å². The first-order chi connectivity index (χ1) is 13.6. The Kier molecular flexibility index (Phi) is 7.12. The molecule has 3 aromatic rings. The molecule has 0 saturated heterocycles. The summed E-state index contributed by atoms with van der Waals surface area (Å²) in [6.45, 7) is 3.65. The lowest BCUT2D eigenvalue weighted by atomic mass is 9.93. The van der Waals surface area contributed by atoms with Crippen LogP contribution in [0.4, 0.5) is 0 Å². The van der Waals surface area contributed by atoms with Crippen LogP contribution in [-0.2, 0) is 24.3 Å². The highest BCUT2D eigenvalue weighted by Gasteiger charge is 2.25. The number of imidazole rings is 1. The minimum absolute atomic E-state index is 0.246. The zero-order chi connectivity index (χ0) is 19.8. The largest absolute Gasteiger partial charge is 0.497 e. The van der Waals surface area contributed by atoms with Gasteiger partial charge in [0.15, 0.2) is 0 Å². The molecule has 0 fully saturated rings. The van der Waals surface area contributed by atoms with Crippen molar-refractivity contribution >= 4 is 11.6 Å². The average Bonchev–Trinajstić information content (AvgIpc) is 3.25. The highest BCUT2D eigenvalue weighted by molar-refractivity contribution is 6.30. The molecule has 0 amide bonds. The van der Waals surface area contributed by atoms with Crippen molar-refractivity contribution in [2.75, 3.05) is 7.11 Å². The molecule has 2 aromatic carbocycles. The molecule has 0 saturated carbocycles. The van der Waals surface area contributed by atoms with Gasteiger partial charge in [-0.15, -0.1) is 0 Å². The summed E-state index contributed by atoms with van der Waals surface area (Å²) < 4.78 is 13.8. The highest BCUT2D eigenvalue weighted by atomic mass is 35.5. The first kappa shape index (κ1) is 20.4. The molecule has 0 aliphatic carbocycles. The second-order valence-electron chi connectivity index (χ2n) is 7.26. The predicted octanol–water partition coefficient (Wildman–Crippen LogP) is 5.54. The summed E-state index contributed by atoms with van der Waals surface area (Å²) >= 11 is 6.01. The van der Waals surface area contributed by atoms with E-state index in [0.717, 1.165) is 42.1 Å². The standard InChI is InChI=1S/C23H27ClN2O2/c1-23(13-15-26-16-14-25-18-26,12-11-19-3-7-21(24)8-4-19)28-17-20-5-9-22(27-2)10-6-20/h3-10,14,16,18H,11-13,15,17H2,1-2H3. The van der Waals surface area contributed by atoms with E-state index in [9.17, 15) is 0 Å². The third-order valence-corrected chi connectivity index (χ3v) is 5.31. The monoisotopic (exact) mass is 398 g/mol. The summed E-state index contributed by atoms with van der Waals surface area (Å²) in [6, 6.07) is 16.1. The molecule has 28 heavy (non-hydrogen) atoms. The number of hydrogen-bond donors (Lipinski definition) is 0. The number of hydrogen-bond acceptors (Lipinski definition) is 3. The maximum absolute atomic E-state index is 6.43. The lowest BCUT2D eigenvalue weighted by Gasteiger charge is -2.30. The minimum Gasteiger partial charge on any atom is -0.497 e. The molecule has 0 N–H and O–H groups in total. The van der Waals surface area contributed by atoms with E-state index in [2.05, 4.69) is 28.6 Å². The topological polar surface area (TPSA) is 36.3 Å². The van der Waals surface area contributed by atoms with Gasteiger partial charge in [-0.05, 0) is 61.6 Å². The van der Waals surface area contributed by atoms with Gasteiger partial charge in [-0.3, -0.25) is 0 Å². The van der Waals surface area contributed by atoms with E-state index in [1.54, 1.807) is 7.11 Å². The molecule has 1 unspecified atom stereocenters. The third-order valence-electron chi connectivity index (χ3n) is 5.06. The van der Waals surface area contributed by atoms with Gasteiger partial charge in [-0.25, -0.2) is 4.98 Å². The Morgan fingerprint density at radius 2 is 1.71 bits per heavy atom. The van der Waals surface area contributed by atoms with Crippen molar-refractivity contribution in [3.8, 4) is 5.75 Å². The number of aromatic nitrogens is 2. The van der Waals surface area contributed by atoms with Crippen LogP contribution >= 0.6 is 11.6 Å². The summed E-state index contributed by atoms with van der Waals surface area (Å²) in [5.74, 6) is 0.856. The van der Waals surface area contributed by atoms with Crippen molar-refractivity contribution in [2.45, 2.75) is 44.9 Å². The van der Waals surface area contributed by atoms with Crippen LogP contribution in [0.1, 0.15) is 30.9 Å². The molecule has 0 bridgehead atoms. The second-order valence-corrected chi connectivity index (χ2v) is 7.70. The maximum Gasteiger partial charge on any atom is 0.118 e. The van der Waals surface area contributed by atoms with Crippen LogP contribution in [0.5, 0.6) is 5.75 Å². The number of aryl methyl sites for hydroxylation is 2. The summed E-state index contributed by atoms with van der Waals surface area (Å²) in [5.41, 5.74) is 2.16. The molecule has 1 heterocycles. The van der Waals surface area contributed by atoms with Crippen LogP contribution in [0, 0.1) is 0 Å². The Balaban J connectivity index is 1.64. The molecule has 0 spiro atoms. The van der Waals surface area contributed by atoms with E-state index in [0.29, 0.717) is 6.61 Å². The normalized spacial score (nSPS) is 13.2. The van der Waals surface area contributed by atoms with Gasteiger partial charge in [0.2, 0.25) is 0 Å². The minimum atomic E-state index is -0.246. The molecule has 4 nitrogen and oxygen atoms in total. The molecule has 1 aromatic heterocycles. The maximum atomic E-state index is 6.43. The Bertz CT molecular complexity index is 832. The van der Waals surface area contributed by atoms with Gasteiger partial charge < -0.3 is 14.0 Å². The molecule has 0 aliphatic rings. The van der Waals surface area contributed by atoms with Gasteiger partial charge in [0.1, 0.15) is 5.75 Å². The van der Waals surface area contributed by atoms with E-state index in [-0.39, 0.29) is 5.60 Å². The Morgan fingerprint density at radius 1 is 1.00 bits per heavy atom. The fraction of sp³-hybridized carbons (Fsp3) is 0.348. The molecular weight excluding hydrogens is 372 g/mol. The molecule has 0 radical (unpaired) electrons. The third kappa shape index (κ3) is 6.11. The smallest absolute Gasteiger partial charge is 0.118 e. The van der Waals surface area contributed by atoms with Gasteiger partial charge in [-0.1, -0.05) is 35.9 Å². The van der Waals surface area contributed by atoms with E-state index in [1.165, 1.54) is 5.56 Å². The molecule has 5 heteroatoms.